The maximum atomic E-state index is 11.6. The first-order valence-corrected chi connectivity index (χ1v) is 12.4. The Hall–Kier alpha value is -3.09. The summed E-state index contributed by atoms with van der Waals surface area (Å²) >= 11 is 1.65. The summed E-state index contributed by atoms with van der Waals surface area (Å²) in [6.45, 7) is 3.51. The van der Waals surface area contributed by atoms with Crippen molar-refractivity contribution in [2.45, 2.75) is 37.2 Å². The number of nitrogens with zero attached hydrogens (tertiary/aromatic N) is 2. The summed E-state index contributed by atoms with van der Waals surface area (Å²) < 4.78 is 6.22. The number of likely N-dealkylation sites (tertiary alicyclic amines) is 1. The highest BCUT2D eigenvalue weighted by molar-refractivity contribution is 7.98. The van der Waals surface area contributed by atoms with Gasteiger partial charge in [-0.25, -0.2) is 4.98 Å². The maximum absolute atomic E-state index is 11.6. The second-order valence-electron chi connectivity index (χ2n) is 8.46. The molecule has 2 heterocycles. The molecule has 33 heavy (non-hydrogen) atoms. The SMILES string of the molecule is CSc1cc2oc(-c3cccc(-c4ccccc4)c3C)nc2cc1CN1CCC[C@@H]1C(=O)O. The van der Waals surface area contributed by atoms with Gasteiger partial charge in [-0.05, 0) is 73.0 Å². The van der Waals surface area contributed by atoms with Crippen LogP contribution in [0.15, 0.2) is 70.0 Å². The number of carboxylic acid groups (broad SMARTS) is 1. The molecule has 168 valence electrons. The van der Waals surface area contributed by atoms with Crippen LogP contribution in [0.4, 0.5) is 0 Å². The zero-order valence-electron chi connectivity index (χ0n) is 18.7. The first-order valence-electron chi connectivity index (χ1n) is 11.1. The van der Waals surface area contributed by atoms with Gasteiger partial charge in [0.25, 0.3) is 0 Å². The van der Waals surface area contributed by atoms with Crippen LogP contribution in [-0.2, 0) is 11.3 Å². The smallest absolute Gasteiger partial charge is 0.320 e. The molecule has 0 amide bonds. The highest BCUT2D eigenvalue weighted by Crippen LogP contribution is 2.35. The lowest BCUT2D eigenvalue weighted by molar-refractivity contribution is -0.142. The Bertz CT molecular complexity index is 1320. The first-order chi connectivity index (χ1) is 16.0. The Kier molecular flexibility index (Phi) is 5.96. The fraction of sp³-hybridized carbons (Fsp3) is 0.259. The first kappa shape index (κ1) is 21.7. The van der Waals surface area contributed by atoms with Crippen molar-refractivity contribution in [3.8, 4) is 22.6 Å². The molecule has 0 aliphatic carbocycles. The van der Waals surface area contributed by atoms with Crippen LogP contribution in [-0.4, -0.2) is 39.8 Å². The second-order valence-corrected chi connectivity index (χ2v) is 9.31. The minimum atomic E-state index is -0.739. The van der Waals surface area contributed by atoms with Gasteiger partial charge in [0.1, 0.15) is 11.6 Å². The van der Waals surface area contributed by atoms with Crippen LogP contribution in [0, 0.1) is 6.92 Å². The Morgan fingerprint density at radius 3 is 2.70 bits per heavy atom. The predicted octanol–water partition coefficient (Wildman–Crippen LogP) is 6.24. The predicted molar refractivity (Wildman–Crippen MR) is 132 cm³/mol. The molecule has 1 aliphatic rings. The summed E-state index contributed by atoms with van der Waals surface area (Å²) in [5, 5.41) is 9.55. The highest BCUT2D eigenvalue weighted by atomic mass is 32.2. The fourth-order valence-corrected chi connectivity index (χ4v) is 5.35. The van der Waals surface area contributed by atoms with Crippen molar-refractivity contribution >= 4 is 28.8 Å². The van der Waals surface area contributed by atoms with Crippen LogP contribution < -0.4 is 0 Å². The standard InChI is InChI=1S/C27H26N2O3S/c1-17-20(18-8-4-3-5-9-18)10-6-11-21(17)26-28-22-14-19(25(33-2)15-24(22)32-26)16-29-13-7-12-23(29)27(30)31/h3-6,8-11,14-15,23H,7,12-13,16H2,1-2H3,(H,30,31)/t23-/m1/s1. The molecule has 1 fully saturated rings. The van der Waals surface area contributed by atoms with Crippen LogP contribution in [0.5, 0.6) is 0 Å². The van der Waals surface area contributed by atoms with E-state index in [4.69, 9.17) is 9.40 Å². The molecule has 0 spiro atoms. The van der Waals surface area contributed by atoms with Gasteiger partial charge in [0, 0.05) is 17.0 Å². The van der Waals surface area contributed by atoms with E-state index in [0.717, 1.165) is 51.2 Å². The van der Waals surface area contributed by atoms with Crippen LogP contribution in [0.2, 0.25) is 0 Å². The molecule has 0 radical (unpaired) electrons. The average Bonchev–Trinajstić information content (AvgIpc) is 3.46. The van der Waals surface area contributed by atoms with Crippen molar-refractivity contribution in [2.75, 3.05) is 12.8 Å². The van der Waals surface area contributed by atoms with Crippen molar-refractivity contribution in [2.24, 2.45) is 0 Å². The van der Waals surface area contributed by atoms with Crippen LogP contribution in [0.3, 0.4) is 0 Å². The number of rotatable bonds is 6. The van der Waals surface area contributed by atoms with Crippen molar-refractivity contribution in [1.82, 2.24) is 9.88 Å². The number of hydrogen-bond donors (Lipinski definition) is 1. The fourth-order valence-electron chi connectivity index (χ4n) is 4.74. The van der Waals surface area contributed by atoms with E-state index in [1.54, 1.807) is 11.8 Å². The summed E-state index contributed by atoms with van der Waals surface area (Å²) in [7, 11) is 0. The number of carboxylic acids is 1. The molecule has 0 saturated carbocycles. The third-order valence-electron chi connectivity index (χ3n) is 6.46. The van der Waals surface area contributed by atoms with Gasteiger partial charge < -0.3 is 9.52 Å². The van der Waals surface area contributed by atoms with Gasteiger partial charge in [0.05, 0.1) is 0 Å². The molecule has 1 N–H and O–H groups in total. The van der Waals surface area contributed by atoms with Crippen molar-refractivity contribution < 1.29 is 14.3 Å². The van der Waals surface area contributed by atoms with E-state index < -0.39 is 12.0 Å². The number of carbonyl (C=O) groups is 1. The highest BCUT2D eigenvalue weighted by Gasteiger charge is 2.31. The van der Waals surface area contributed by atoms with E-state index in [1.165, 1.54) is 5.56 Å². The molecular formula is C27H26N2O3S. The minimum Gasteiger partial charge on any atom is -0.480 e. The van der Waals surface area contributed by atoms with Gasteiger partial charge in [-0.2, -0.15) is 0 Å². The lowest BCUT2D eigenvalue weighted by Crippen LogP contribution is -2.35. The topological polar surface area (TPSA) is 66.6 Å². The number of aliphatic carboxylic acids is 1. The molecule has 1 saturated heterocycles. The number of benzene rings is 3. The summed E-state index contributed by atoms with van der Waals surface area (Å²) in [6, 6.07) is 20.2. The molecular weight excluding hydrogens is 432 g/mol. The number of hydrogen-bond acceptors (Lipinski definition) is 5. The summed E-state index contributed by atoms with van der Waals surface area (Å²) in [4.78, 5) is 19.6. The molecule has 0 unspecified atom stereocenters. The van der Waals surface area contributed by atoms with E-state index in [-0.39, 0.29) is 0 Å². The second kappa shape index (κ2) is 9.04. The van der Waals surface area contributed by atoms with Gasteiger partial charge in [0.15, 0.2) is 5.58 Å². The van der Waals surface area contributed by atoms with Gasteiger partial charge in [-0.15, -0.1) is 11.8 Å². The molecule has 5 nitrogen and oxygen atoms in total. The summed E-state index contributed by atoms with van der Waals surface area (Å²) in [5.41, 5.74) is 7.07. The number of oxazole rings is 1. The van der Waals surface area contributed by atoms with E-state index in [2.05, 4.69) is 36.1 Å². The minimum absolute atomic E-state index is 0.411. The third kappa shape index (κ3) is 4.16. The van der Waals surface area contributed by atoms with E-state index in [9.17, 15) is 9.90 Å². The normalized spacial score (nSPS) is 16.5. The van der Waals surface area contributed by atoms with E-state index >= 15 is 0 Å². The largest absolute Gasteiger partial charge is 0.480 e. The van der Waals surface area contributed by atoms with Crippen molar-refractivity contribution in [3.05, 3.63) is 71.8 Å². The van der Waals surface area contributed by atoms with Crippen LogP contribution in [0.1, 0.15) is 24.0 Å². The number of aromatic nitrogens is 1. The zero-order chi connectivity index (χ0) is 22.9. The molecule has 4 aromatic rings. The van der Waals surface area contributed by atoms with Crippen LogP contribution in [0.25, 0.3) is 33.7 Å². The average molecular weight is 459 g/mol. The van der Waals surface area contributed by atoms with Crippen molar-refractivity contribution in [3.63, 3.8) is 0 Å². The molecule has 5 rings (SSSR count). The lowest BCUT2D eigenvalue weighted by Gasteiger charge is -2.22. The van der Waals surface area contributed by atoms with Gasteiger partial charge in [-0.3, -0.25) is 9.69 Å². The molecule has 1 atom stereocenters. The lowest BCUT2D eigenvalue weighted by atomic mass is 9.96. The summed E-state index contributed by atoms with van der Waals surface area (Å²) in [6.07, 6.45) is 3.66. The molecule has 0 bridgehead atoms. The Morgan fingerprint density at radius 2 is 1.94 bits per heavy atom. The van der Waals surface area contributed by atoms with Crippen molar-refractivity contribution in [1.29, 1.82) is 0 Å². The number of thioether (sulfide) groups is 1. The maximum Gasteiger partial charge on any atom is 0.320 e. The van der Waals surface area contributed by atoms with Crippen LogP contribution >= 0.6 is 11.8 Å². The monoisotopic (exact) mass is 458 g/mol. The number of fused-ring (bicyclic) bond motifs is 1. The summed E-state index contributed by atoms with van der Waals surface area (Å²) in [5.74, 6) is -0.133. The quantitative estimate of drug-likeness (QED) is 0.345. The van der Waals surface area contributed by atoms with E-state index in [0.29, 0.717) is 18.9 Å². The molecule has 1 aliphatic heterocycles. The van der Waals surface area contributed by atoms with Gasteiger partial charge >= 0.3 is 5.97 Å². The Labute approximate surface area is 197 Å². The molecule has 6 heteroatoms. The van der Waals surface area contributed by atoms with E-state index in [1.807, 2.05) is 42.7 Å². The zero-order valence-corrected chi connectivity index (χ0v) is 19.6. The van der Waals surface area contributed by atoms with Gasteiger partial charge in [-0.1, -0.05) is 42.5 Å². The third-order valence-corrected chi connectivity index (χ3v) is 7.28. The van der Waals surface area contributed by atoms with Gasteiger partial charge in [0.2, 0.25) is 5.89 Å². The molecule has 3 aromatic carbocycles. The molecule has 1 aromatic heterocycles. The Morgan fingerprint density at radius 1 is 1.15 bits per heavy atom. The Balaban J connectivity index is 1.53.